The van der Waals surface area contributed by atoms with Crippen molar-refractivity contribution in [2.45, 2.75) is 19.3 Å². The summed E-state index contributed by atoms with van der Waals surface area (Å²) in [5.41, 5.74) is 7.06. The molecule has 1 heterocycles. The molecule has 0 saturated carbocycles. The maximum absolute atomic E-state index is 9.30. The van der Waals surface area contributed by atoms with E-state index in [4.69, 9.17) is 16.7 Å². The second kappa shape index (κ2) is 14.7. The number of aromatic hydroxyl groups is 3. The molecular formula is C33H36Cl2N2O3. The third kappa shape index (κ3) is 8.68. The molecule has 0 unspecified atom stereocenters. The minimum absolute atomic E-state index is 0. The number of phenolic OH excluding ortho intramolecular Hbond substituents is 3. The average Bonchev–Trinajstić information content (AvgIpc) is 3.05. The molecule has 0 amide bonds. The molecule has 40 heavy (non-hydrogen) atoms. The van der Waals surface area contributed by atoms with Gasteiger partial charge in [0.05, 0.1) is 0 Å². The Kier molecular flexibility index (Phi) is 11.3. The number of hydrogen-bond donors (Lipinski definition) is 3. The molecule has 0 fully saturated rings. The highest BCUT2D eigenvalue weighted by atomic mass is 35.5. The second-order valence-corrected chi connectivity index (χ2v) is 10.4. The van der Waals surface area contributed by atoms with Crippen molar-refractivity contribution in [3.8, 4) is 17.2 Å². The number of nitrogens with zero attached hydrogens (tertiary/aromatic N) is 2. The van der Waals surface area contributed by atoms with E-state index in [2.05, 4.69) is 60.3 Å². The van der Waals surface area contributed by atoms with Crippen LogP contribution in [0.4, 0.5) is 11.4 Å². The SMILES string of the molecule is CN(C)CCCN1c2ccccc2CCc2ccc(Cl)cc21.Cl.Oc1ccc(C=Cc2cc(O)cc(O)c2)cc1. The van der Waals surface area contributed by atoms with Crippen LogP contribution in [0, 0.1) is 0 Å². The third-order valence-electron chi connectivity index (χ3n) is 6.56. The van der Waals surface area contributed by atoms with E-state index in [0.29, 0.717) is 5.56 Å². The first-order valence-corrected chi connectivity index (χ1v) is 13.4. The van der Waals surface area contributed by atoms with E-state index in [0.717, 1.165) is 42.9 Å². The van der Waals surface area contributed by atoms with E-state index in [1.165, 1.54) is 28.6 Å². The second-order valence-electron chi connectivity index (χ2n) is 9.92. The van der Waals surface area contributed by atoms with Gasteiger partial charge in [-0.25, -0.2) is 0 Å². The van der Waals surface area contributed by atoms with Crippen LogP contribution in [0.2, 0.25) is 5.02 Å². The van der Waals surface area contributed by atoms with Crippen LogP contribution in [0.3, 0.4) is 0 Å². The number of benzene rings is 4. The molecule has 0 spiro atoms. The summed E-state index contributed by atoms with van der Waals surface area (Å²) in [4.78, 5) is 4.69. The molecule has 0 atom stereocenters. The Morgan fingerprint density at radius 2 is 1.35 bits per heavy atom. The van der Waals surface area contributed by atoms with E-state index in [1.807, 2.05) is 12.1 Å². The van der Waals surface area contributed by atoms with E-state index >= 15 is 0 Å². The maximum atomic E-state index is 9.30. The summed E-state index contributed by atoms with van der Waals surface area (Å²) >= 11 is 6.27. The van der Waals surface area contributed by atoms with Crippen molar-refractivity contribution in [3.05, 3.63) is 112 Å². The topological polar surface area (TPSA) is 67.2 Å². The molecule has 3 N–H and O–H groups in total. The minimum Gasteiger partial charge on any atom is -0.508 e. The number of para-hydroxylation sites is 1. The lowest BCUT2D eigenvalue weighted by molar-refractivity contribution is 0.402. The smallest absolute Gasteiger partial charge is 0.119 e. The van der Waals surface area contributed by atoms with Crippen molar-refractivity contribution in [2.24, 2.45) is 0 Å². The van der Waals surface area contributed by atoms with Crippen LogP contribution in [-0.2, 0) is 12.8 Å². The number of aryl methyl sites for hydroxylation is 2. The first-order chi connectivity index (χ1) is 18.8. The summed E-state index contributed by atoms with van der Waals surface area (Å²) < 4.78 is 0. The van der Waals surface area contributed by atoms with Gasteiger partial charge in [0.15, 0.2) is 0 Å². The van der Waals surface area contributed by atoms with Gasteiger partial charge in [-0.2, -0.15) is 0 Å². The van der Waals surface area contributed by atoms with Crippen LogP contribution >= 0.6 is 24.0 Å². The number of phenols is 3. The van der Waals surface area contributed by atoms with Gasteiger partial charge in [0.25, 0.3) is 0 Å². The molecule has 1 aliphatic heterocycles. The van der Waals surface area contributed by atoms with Gasteiger partial charge >= 0.3 is 0 Å². The quantitative estimate of drug-likeness (QED) is 0.203. The Balaban J connectivity index is 0.000000222. The highest BCUT2D eigenvalue weighted by Gasteiger charge is 2.20. The third-order valence-corrected chi connectivity index (χ3v) is 6.79. The molecule has 4 aromatic rings. The van der Waals surface area contributed by atoms with Crippen molar-refractivity contribution < 1.29 is 15.3 Å². The van der Waals surface area contributed by atoms with Crippen molar-refractivity contribution in [3.63, 3.8) is 0 Å². The molecule has 5 rings (SSSR count). The summed E-state index contributed by atoms with van der Waals surface area (Å²) in [6.45, 7) is 2.11. The van der Waals surface area contributed by atoms with E-state index in [-0.39, 0.29) is 29.7 Å². The van der Waals surface area contributed by atoms with Crippen LogP contribution < -0.4 is 4.90 Å². The van der Waals surface area contributed by atoms with Gasteiger partial charge in [0.1, 0.15) is 17.2 Å². The molecule has 0 bridgehead atoms. The molecule has 210 valence electrons. The van der Waals surface area contributed by atoms with Gasteiger partial charge in [-0.3, -0.25) is 0 Å². The highest BCUT2D eigenvalue weighted by molar-refractivity contribution is 6.30. The van der Waals surface area contributed by atoms with Crippen LogP contribution in [-0.4, -0.2) is 47.4 Å². The summed E-state index contributed by atoms with van der Waals surface area (Å²) in [6.07, 6.45) is 6.90. The molecule has 0 aliphatic carbocycles. The first-order valence-electron chi connectivity index (χ1n) is 13.1. The fraction of sp³-hybridized carbons (Fsp3) is 0.212. The lowest BCUT2D eigenvalue weighted by Crippen LogP contribution is -2.24. The van der Waals surface area contributed by atoms with Crippen LogP contribution in [0.15, 0.2) is 84.9 Å². The first kappa shape index (κ1) is 30.9. The van der Waals surface area contributed by atoms with Crippen molar-refractivity contribution in [2.75, 3.05) is 32.1 Å². The molecule has 0 aromatic heterocycles. The Bertz CT molecular complexity index is 1400. The van der Waals surface area contributed by atoms with Crippen molar-refractivity contribution >= 4 is 47.5 Å². The molecule has 7 heteroatoms. The van der Waals surface area contributed by atoms with Crippen LogP contribution in [0.5, 0.6) is 17.2 Å². The summed E-state index contributed by atoms with van der Waals surface area (Å²) in [6, 6.07) is 26.2. The Labute approximate surface area is 248 Å². The van der Waals surface area contributed by atoms with Crippen molar-refractivity contribution in [1.29, 1.82) is 0 Å². The van der Waals surface area contributed by atoms with Crippen molar-refractivity contribution in [1.82, 2.24) is 4.90 Å². The average molecular weight is 580 g/mol. The number of rotatable bonds is 6. The zero-order valence-corrected chi connectivity index (χ0v) is 24.4. The predicted octanol–water partition coefficient (Wildman–Crippen LogP) is 7.92. The van der Waals surface area contributed by atoms with Crippen LogP contribution in [0.1, 0.15) is 28.7 Å². The van der Waals surface area contributed by atoms with E-state index in [9.17, 15) is 10.2 Å². The van der Waals surface area contributed by atoms with Gasteiger partial charge in [-0.1, -0.05) is 60.2 Å². The zero-order valence-electron chi connectivity index (χ0n) is 22.8. The lowest BCUT2D eigenvalue weighted by atomic mass is 10.0. The number of fused-ring (bicyclic) bond motifs is 2. The predicted molar refractivity (Wildman–Crippen MR) is 170 cm³/mol. The Morgan fingerprint density at radius 1 is 0.725 bits per heavy atom. The Morgan fingerprint density at radius 3 is 2.02 bits per heavy atom. The minimum atomic E-state index is 0. The molecule has 1 aliphatic rings. The summed E-state index contributed by atoms with van der Waals surface area (Å²) in [5, 5.41) is 28.5. The monoisotopic (exact) mass is 578 g/mol. The number of hydrogen-bond acceptors (Lipinski definition) is 5. The fourth-order valence-corrected chi connectivity index (χ4v) is 4.83. The standard InChI is InChI=1S/C19H23ClN2.C14H12O3.ClH/c1-21(2)12-5-13-22-18-7-4-3-6-15(18)8-9-16-10-11-17(20)14-19(16)22;15-12-5-3-10(4-6-12)1-2-11-7-13(16)9-14(17)8-11;/h3-4,6-7,10-11,14H,5,8-9,12-13H2,1-2H3;1-9,15-17H;1H. The van der Waals surface area contributed by atoms with E-state index in [1.54, 1.807) is 42.5 Å². The molecule has 0 saturated heterocycles. The molecule has 0 radical (unpaired) electrons. The molecule has 5 nitrogen and oxygen atoms in total. The van der Waals surface area contributed by atoms with Gasteiger partial charge in [0, 0.05) is 29.0 Å². The fourth-order valence-electron chi connectivity index (χ4n) is 4.66. The zero-order chi connectivity index (χ0) is 27.8. The highest BCUT2D eigenvalue weighted by Crippen LogP contribution is 2.37. The maximum Gasteiger partial charge on any atom is 0.119 e. The van der Waals surface area contributed by atoms with E-state index < -0.39 is 0 Å². The molecule has 4 aromatic carbocycles. The largest absolute Gasteiger partial charge is 0.508 e. The van der Waals surface area contributed by atoms with Gasteiger partial charge in [-0.05, 0) is 105 Å². The van der Waals surface area contributed by atoms with Crippen LogP contribution in [0.25, 0.3) is 12.2 Å². The van der Waals surface area contributed by atoms with Gasteiger partial charge in [0.2, 0.25) is 0 Å². The lowest BCUT2D eigenvalue weighted by Gasteiger charge is -2.27. The Hall–Kier alpha value is -3.64. The normalized spacial score (nSPS) is 12.2. The molecular weight excluding hydrogens is 543 g/mol. The number of anilines is 2. The van der Waals surface area contributed by atoms with Gasteiger partial charge < -0.3 is 25.1 Å². The van der Waals surface area contributed by atoms with Gasteiger partial charge in [-0.15, -0.1) is 12.4 Å². The summed E-state index contributed by atoms with van der Waals surface area (Å²) in [7, 11) is 4.25. The number of halogens is 2. The summed E-state index contributed by atoms with van der Waals surface area (Å²) in [5.74, 6) is 0.267.